The maximum Gasteiger partial charge on any atom is 0.326 e. The number of ether oxygens (including phenoxy) is 1. The number of carboxylic acid groups (broad SMARTS) is 1. The third-order valence-electron chi connectivity index (χ3n) is 9.17. The van der Waals surface area contributed by atoms with Crippen LogP contribution in [0.5, 0.6) is 5.75 Å². The number of aliphatic carboxylic acids is 1. The summed E-state index contributed by atoms with van der Waals surface area (Å²) in [5.41, 5.74) is 4.77. The number of hydrogen-bond acceptors (Lipinski definition) is 5. The van der Waals surface area contributed by atoms with Crippen molar-refractivity contribution in [2.75, 3.05) is 0 Å². The Morgan fingerprint density at radius 3 is 2.44 bits per heavy atom. The van der Waals surface area contributed by atoms with Crippen LogP contribution in [0.4, 0.5) is 0 Å². The second-order valence-electron chi connectivity index (χ2n) is 12.6. The fourth-order valence-electron chi connectivity index (χ4n) is 6.64. The lowest BCUT2D eigenvalue weighted by molar-refractivity contribution is -0.139. The zero-order chi connectivity index (χ0) is 33.0. The van der Waals surface area contributed by atoms with E-state index in [1.54, 1.807) is 0 Å². The van der Waals surface area contributed by atoms with Gasteiger partial charge in [-0.2, -0.15) is 9.61 Å². The van der Waals surface area contributed by atoms with Gasteiger partial charge in [0, 0.05) is 29.3 Å². The Bertz CT molecular complexity index is 2090. The van der Waals surface area contributed by atoms with E-state index in [0.717, 1.165) is 47.7 Å². The van der Waals surface area contributed by atoms with Crippen molar-refractivity contribution >= 4 is 28.4 Å². The van der Waals surface area contributed by atoms with Crippen molar-refractivity contribution < 1.29 is 19.4 Å². The summed E-state index contributed by atoms with van der Waals surface area (Å²) in [6, 6.07) is 27.4. The Labute approximate surface area is 276 Å². The Kier molecular flexibility index (Phi) is 8.78. The second kappa shape index (κ2) is 13.6. The smallest absolute Gasteiger partial charge is 0.326 e. The van der Waals surface area contributed by atoms with Gasteiger partial charge in [-0.3, -0.25) is 9.59 Å². The Morgan fingerprint density at radius 1 is 0.938 bits per heavy atom. The first-order chi connectivity index (χ1) is 23.4. The summed E-state index contributed by atoms with van der Waals surface area (Å²) in [5, 5.41) is 17.9. The predicted octanol–water partition coefficient (Wildman–Crippen LogP) is 6.30. The van der Waals surface area contributed by atoms with E-state index >= 15 is 0 Å². The number of carbonyl (C=O) groups excluding carboxylic acids is 1. The molecule has 0 saturated heterocycles. The number of fused-ring (bicyclic) bond motifs is 2. The number of nitrogens with one attached hydrogen (secondary N) is 3. The van der Waals surface area contributed by atoms with Gasteiger partial charge in [0.05, 0.1) is 5.69 Å². The van der Waals surface area contributed by atoms with Gasteiger partial charge in [-0.1, -0.05) is 80.6 Å². The van der Waals surface area contributed by atoms with Gasteiger partial charge in [0.1, 0.15) is 24.0 Å². The molecule has 0 unspecified atom stereocenters. The van der Waals surface area contributed by atoms with Crippen LogP contribution in [0.1, 0.15) is 59.4 Å². The zero-order valence-electron chi connectivity index (χ0n) is 26.4. The zero-order valence-corrected chi connectivity index (χ0v) is 26.4. The maximum absolute atomic E-state index is 14.0. The largest absolute Gasteiger partial charge is 0.489 e. The highest BCUT2D eigenvalue weighted by Gasteiger charge is 2.26. The topological polar surface area (TPSA) is 142 Å². The molecule has 3 aromatic heterocycles. The van der Waals surface area contributed by atoms with Gasteiger partial charge in [-0.05, 0) is 65.3 Å². The maximum atomic E-state index is 14.0. The van der Waals surface area contributed by atoms with Gasteiger partial charge in [0.25, 0.3) is 11.5 Å². The number of carboxylic acids is 1. The molecular weight excluding hydrogens is 606 g/mol. The van der Waals surface area contributed by atoms with E-state index < -0.39 is 17.9 Å². The number of aromatic amines is 2. The highest BCUT2D eigenvalue weighted by Crippen LogP contribution is 2.30. The minimum absolute atomic E-state index is 0.0447. The van der Waals surface area contributed by atoms with Crippen molar-refractivity contribution in [2.45, 2.75) is 57.6 Å². The third-order valence-corrected chi connectivity index (χ3v) is 9.17. The van der Waals surface area contributed by atoms with E-state index in [1.807, 2.05) is 84.9 Å². The van der Waals surface area contributed by atoms with Gasteiger partial charge >= 0.3 is 5.97 Å². The first kappa shape index (κ1) is 31.0. The number of rotatable bonds is 11. The van der Waals surface area contributed by atoms with E-state index in [-0.39, 0.29) is 17.7 Å². The second-order valence-corrected chi connectivity index (χ2v) is 12.6. The van der Waals surface area contributed by atoms with Gasteiger partial charge in [0.2, 0.25) is 0 Å². The number of hydrogen-bond donors (Lipinski definition) is 4. The van der Waals surface area contributed by atoms with Crippen LogP contribution in [-0.2, 0) is 24.2 Å². The summed E-state index contributed by atoms with van der Waals surface area (Å²) in [6.07, 6.45) is 6.26. The number of H-pyrrole nitrogens is 2. The van der Waals surface area contributed by atoms with Crippen LogP contribution in [0.2, 0.25) is 0 Å². The van der Waals surface area contributed by atoms with E-state index in [0.29, 0.717) is 47.3 Å². The molecule has 1 aliphatic carbocycles. The molecule has 7 rings (SSSR count). The Balaban J connectivity index is 1.16. The molecule has 1 fully saturated rings. The minimum Gasteiger partial charge on any atom is -0.489 e. The molecule has 48 heavy (non-hydrogen) atoms. The molecule has 3 heterocycles. The summed E-state index contributed by atoms with van der Waals surface area (Å²) in [6.45, 7) is 0.446. The summed E-state index contributed by atoms with van der Waals surface area (Å²) in [5.74, 6) is -0.757. The van der Waals surface area contributed by atoms with Crippen molar-refractivity contribution in [3.05, 3.63) is 124 Å². The molecule has 244 valence electrons. The van der Waals surface area contributed by atoms with Crippen LogP contribution < -0.4 is 15.6 Å². The van der Waals surface area contributed by atoms with Crippen molar-refractivity contribution in [2.24, 2.45) is 5.92 Å². The monoisotopic (exact) mass is 643 g/mol. The molecule has 0 bridgehead atoms. The summed E-state index contributed by atoms with van der Waals surface area (Å²) < 4.78 is 7.21. The lowest BCUT2D eigenvalue weighted by atomic mass is 9.84. The van der Waals surface area contributed by atoms with Crippen LogP contribution in [-0.4, -0.2) is 42.6 Å². The highest BCUT2D eigenvalue weighted by atomic mass is 16.5. The first-order valence-electron chi connectivity index (χ1n) is 16.4. The van der Waals surface area contributed by atoms with E-state index in [9.17, 15) is 19.5 Å². The van der Waals surface area contributed by atoms with E-state index in [4.69, 9.17) is 4.74 Å². The van der Waals surface area contributed by atoms with Crippen LogP contribution in [0.25, 0.3) is 27.8 Å². The van der Waals surface area contributed by atoms with Crippen molar-refractivity contribution in [3.8, 4) is 17.0 Å². The fraction of sp³-hybridized carbons (Fsp3) is 0.263. The Hall–Kier alpha value is -5.64. The van der Waals surface area contributed by atoms with Crippen LogP contribution in [0.15, 0.2) is 95.8 Å². The predicted molar refractivity (Wildman–Crippen MR) is 183 cm³/mol. The summed E-state index contributed by atoms with van der Waals surface area (Å²) >= 11 is 0. The molecule has 6 aromatic rings. The molecule has 1 saturated carbocycles. The van der Waals surface area contributed by atoms with Crippen LogP contribution >= 0.6 is 0 Å². The normalized spacial score (nSPS) is 14.2. The average Bonchev–Trinajstić information content (AvgIpc) is 3.74. The molecule has 1 amide bonds. The molecule has 1 atom stereocenters. The molecule has 10 nitrogen and oxygen atoms in total. The third kappa shape index (κ3) is 6.73. The number of nitrogens with zero attached hydrogens (tertiary/aromatic N) is 2. The molecule has 0 radical (unpaired) electrons. The molecule has 0 spiro atoms. The van der Waals surface area contributed by atoms with Crippen LogP contribution in [0.3, 0.4) is 0 Å². The summed E-state index contributed by atoms with van der Waals surface area (Å²) in [4.78, 5) is 46.2. The van der Waals surface area contributed by atoms with Gasteiger partial charge < -0.3 is 25.1 Å². The summed E-state index contributed by atoms with van der Waals surface area (Å²) in [7, 11) is 0. The van der Waals surface area contributed by atoms with E-state index in [2.05, 4.69) is 20.4 Å². The van der Waals surface area contributed by atoms with E-state index in [1.165, 1.54) is 17.0 Å². The number of amides is 1. The van der Waals surface area contributed by atoms with Gasteiger partial charge in [-0.15, -0.1) is 0 Å². The van der Waals surface area contributed by atoms with Crippen molar-refractivity contribution in [1.82, 2.24) is 24.9 Å². The standard InChI is InChI=1S/C38H37N5O5/c44-36(40-33(38(46)47)21-28-20-27-13-7-8-14-31(27)39-28)32-22-34-41-35(30(37(45)43(34)42-32)19-24-9-3-1-4-10-24)26-15-17-29(18-16-26)48-23-25-11-5-2-6-12-25/h2,5-8,11-18,20,22,24,33,39,41H,1,3-4,9-10,19,21,23H2,(H,40,44)(H,46,47)/t33-/m0/s1. The molecule has 10 heteroatoms. The molecular formula is C38H37N5O5. The van der Waals surface area contributed by atoms with Crippen molar-refractivity contribution in [1.29, 1.82) is 0 Å². The number of aromatic nitrogens is 4. The van der Waals surface area contributed by atoms with Crippen molar-refractivity contribution in [3.63, 3.8) is 0 Å². The highest BCUT2D eigenvalue weighted by molar-refractivity contribution is 5.96. The Morgan fingerprint density at radius 2 is 1.69 bits per heavy atom. The minimum atomic E-state index is -1.20. The molecule has 4 N–H and O–H groups in total. The lowest BCUT2D eigenvalue weighted by Crippen LogP contribution is -2.42. The number of para-hydroxylation sites is 1. The average molecular weight is 644 g/mol. The first-order valence-corrected chi connectivity index (χ1v) is 16.4. The SMILES string of the molecule is O=C(N[C@@H](Cc1cc2ccccc2[nH]1)C(=O)O)c1cc2[nH]c(-c3ccc(OCc4ccccc4)cc3)c(CC3CCCCC3)c(=O)n2n1. The number of benzene rings is 3. The quantitative estimate of drug-likeness (QED) is 0.131. The lowest BCUT2D eigenvalue weighted by Gasteiger charge is -2.22. The molecule has 3 aromatic carbocycles. The van der Waals surface area contributed by atoms with Gasteiger partial charge in [-0.25, -0.2) is 4.79 Å². The van der Waals surface area contributed by atoms with Crippen LogP contribution in [0, 0.1) is 5.92 Å². The number of carbonyl (C=O) groups is 2. The van der Waals surface area contributed by atoms with Gasteiger partial charge in [0.15, 0.2) is 5.69 Å². The molecule has 1 aliphatic rings. The molecule has 0 aliphatic heterocycles. The fourth-order valence-corrected chi connectivity index (χ4v) is 6.64.